The highest BCUT2D eigenvalue weighted by Crippen LogP contribution is 2.26. The number of benzene rings is 1. The minimum absolute atomic E-state index is 0.0355. The first-order chi connectivity index (χ1) is 32.7. The summed E-state index contributed by atoms with van der Waals surface area (Å²) in [4.78, 5) is 147. The zero-order chi connectivity index (χ0) is 51.2. The van der Waals surface area contributed by atoms with Crippen LogP contribution in [0, 0.1) is 5.92 Å². The lowest BCUT2D eigenvalue weighted by Crippen LogP contribution is -2.61. The number of carboxylic acids is 1. The molecule has 0 unspecified atom stereocenters. The molecule has 8 atom stereocenters. The predicted octanol–water partition coefficient (Wildman–Crippen LogP) is -2.86. The summed E-state index contributed by atoms with van der Waals surface area (Å²) < 4.78 is 0. The van der Waals surface area contributed by atoms with E-state index in [0.29, 0.717) is 37.8 Å². The number of nitrogens with one attached hydrogen (secondary N) is 7. The Bertz CT molecular complexity index is 2010. The molecule has 1 aromatic rings. The van der Waals surface area contributed by atoms with Crippen molar-refractivity contribution in [3.63, 3.8) is 0 Å². The second kappa shape index (κ2) is 29.0. The van der Waals surface area contributed by atoms with E-state index in [1.54, 1.807) is 26.0 Å². The Morgan fingerprint density at radius 3 is 2.16 bits per heavy atom. The summed E-state index contributed by atoms with van der Waals surface area (Å²) in [7, 11) is 2.21. The first-order valence-electron chi connectivity index (χ1n) is 22.6. The van der Waals surface area contributed by atoms with E-state index in [-0.39, 0.29) is 49.5 Å². The van der Waals surface area contributed by atoms with Gasteiger partial charge in [-0.2, -0.15) is 0 Å². The number of nitrogens with zero attached hydrogens (tertiary/aromatic N) is 1. The third kappa shape index (κ3) is 19.4. The van der Waals surface area contributed by atoms with Crippen molar-refractivity contribution in [2.45, 2.75) is 127 Å². The molecule has 0 saturated carbocycles. The number of aliphatic carboxylic acids is 1. The third-order valence-corrected chi connectivity index (χ3v) is 13.8. The smallest absolute Gasteiger partial charge is 0.303 e. The molecule has 26 heteroatoms. The topological polar surface area (TPSA) is 394 Å². The first kappa shape index (κ1) is 57.2. The molecule has 2 aliphatic rings. The van der Waals surface area contributed by atoms with Gasteiger partial charge >= 0.3 is 5.97 Å². The maximum atomic E-state index is 14.5. The zero-order valence-electron chi connectivity index (χ0n) is 38.6. The molecule has 382 valence electrons. The van der Waals surface area contributed by atoms with Gasteiger partial charge in [-0.25, -0.2) is 0 Å². The average molecular weight is 1010 g/mol. The fourth-order valence-electron chi connectivity index (χ4n) is 7.37. The van der Waals surface area contributed by atoms with Crippen molar-refractivity contribution in [3.05, 3.63) is 29.8 Å². The van der Waals surface area contributed by atoms with Gasteiger partial charge in [-0.15, -0.1) is 0 Å². The van der Waals surface area contributed by atoms with Crippen LogP contribution in [0.5, 0.6) is 5.75 Å². The lowest BCUT2D eigenvalue weighted by Gasteiger charge is -2.31. The third-order valence-electron chi connectivity index (χ3n) is 11.3. The average Bonchev–Trinajstić information content (AvgIpc) is 3.80. The van der Waals surface area contributed by atoms with Crippen molar-refractivity contribution in [1.82, 2.24) is 42.1 Å². The zero-order valence-corrected chi connectivity index (χ0v) is 40.3. The van der Waals surface area contributed by atoms with Gasteiger partial charge < -0.3 is 69.5 Å². The van der Waals surface area contributed by atoms with Crippen LogP contribution in [0.25, 0.3) is 0 Å². The highest BCUT2D eigenvalue weighted by Gasteiger charge is 2.40. The summed E-state index contributed by atoms with van der Waals surface area (Å²) in [6.45, 7) is 3.27. The van der Waals surface area contributed by atoms with Crippen LogP contribution in [0.15, 0.2) is 24.3 Å². The second-order valence-electron chi connectivity index (χ2n) is 16.7. The van der Waals surface area contributed by atoms with Crippen molar-refractivity contribution in [2.24, 2.45) is 23.1 Å². The van der Waals surface area contributed by atoms with Gasteiger partial charge in [0.1, 0.15) is 48.0 Å². The number of carbonyl (C=O) groups excluding carboxylic acids is 10. The Balaban J connectivity index is 2.01. The van der Waals surface area contributed by atoms with Crippen molar-refractivity contribution in [3.8, 4) is 5.75 Å². The maximum absolute atomic E-state index is 14.5. The number of aromatic hydroxyl groups is 1. The summed E-state index contributed by atoms with van der Waals surface area (Å²) in [6, 6.07) is -3.75. The van der Waals surface area contributed by atoms with Gasteiger partial charge in [0.05, 0.1) is 13.0 Å². The predicted molar refractivity (Wildman–Crippen MR) is 253 cm³/mol. The molecule has 2 heterocycles. The van der Waals surface area contributed by atoms with Crippen LogP contribution in [0.2, 0.25) is 0 Å². The Hall–Kier alpha value is -6.15. The first-order valence-corrected chi connectivity index (χ1v) is 25.1. The maximum Gasteiger partial charge on any atom is 0.303 e. The fraction of sp³-hybridized carbons (Fsp3) is 0.605. The minimum atomic E-state index is -1.77. The fourth-order valence-corrected chi connectivity index (χ4v) is 9.51. The summed E-state index contributed by atoms with van der Waals surface area (Å²) in [6.07, 6.45) is -0.186. The van der Waals surface area contributed by atoms with Crippen LogP contribution in [0.1, 0.15) is 83.6 Å². The van der Waals surface area contributed by atoms with Gasteiger partial charge in [0.2, 0.25) is 59.1 Å². The van der Waals surface area contributed by atoms with Crippen LogP contribution < -0.4 is 54.4 Å². The van der Waals surface area contributed by atoms with Crippen LogP contribution in [0.3, 0.4) is 0 Å². The molecule has 15 N–H and O–H groups in total. The molecule has 69 heavy (non-hydrogen) atoms. The quantitative estimate of drug-likeness (QED) is 0.0490. The van der Waals surface area contributed by atoms with E-state index in [9.17, 15) is 63.0 Å². The van der Waals surface area contributed by atoms with Gasteiger partial charge in [0.15, 0.2) is 0 Å². The molecule has 0 radical (unpaired) electrons. The summed E-state index contributed by atoms with van der Waals surface area (Å²) in [5.74, 6) is -10.4. The number of nitrogens with two attached hydrogens (primary N) is 3. The summed E-state index contributed by atoms with van der Waals surface area (Å²) in [5, 5.41) is 37.2. The molecule has 24 nitrogen and oxygen atoms in total. The number of rotatable bonds is 19. The van der Waals surface area contributed by atoms with Crippen molar-refractivity contribution in [1.29, 1.82) is 0 Å². The van der Waals surface area contributed by atoms with Crippen molar-refractivity contribution >= 4 is 86.6 Å². The molecular formula is C43H65N11O13S2. The number of amides is 10. The van der Waals surface area contributed by atoms with E-state index < -0.39 is 139 Å². The largest absolute Gasteiger partial charge is 0.508 e. The van der Waals surface area contributed by atoms with Crippen molar-refractivity contribution < 1.29 is 63.0 Å². The van der Waals surface area contributed by atoms with Crippen LogP contribution in [-0.2, 0) is 59.2 Å². The molecule has 1 aromatic carbocycles. The van der Waals surface area contributed by atoms with Crippen LogP contribution in [0.4, 0.5) is 0 Å². The van der Waals surface area contributed by atoms with E-state index in [1.807, 2.05) is 0 Å². The molecule has 2 aliphatic heterocycles. The normalized spacial score (nSPS) is 23.1. The molecule has 2 fully saturated rings. The number of likely N-dealkylation sites (tertiary alicyclic amines) is 1. The van der Waals surface area contributed by atoms with Gasteiger partial charge in [0.25, 0.3) is 0 Å². The number of phenols is 1. The van der Waals surface area contributed by atoms with Gasteiger partial charge in [-0.3, -0.25) is 52.7 Å². The molecular weight excluding hydrogens is 943 g/mol. The minimum Gasteiger partial charge on any atom is -0.508 e. The number of hydrogen-bond donors (Lipinski definition) is 12. The standard InChI is InChI=1S/C43H65N11O13S2/c1-3-23(2)36-42(66)50-27(13-14-35(59)60)38(62)51-29(20-32(45)56)39(63)52-30(22-69-68-18-15-34(58)48-28(40(64)53-36)19-24-9-11-25(55)12-10-24)43(67)54-17-6-8-31(54)41(65)49-26(7-4-5-16-44)37(61)47-21-33(46)57/h9-12,23,26-31,36,55H,3-8,13-22,44H2,1-2H3,(H2,45,56)(H2,46,57)(H,47,61)(H,48,58)(H,49,65)(H,50,66)(H,51,62)(H,52,63)(H,53,64)(H,59,60)/t23-,26+,27-,28-,29+,30+,31-,36+/m1/s1. The monoisotopic (exact) mass is 1010 g/mol. The van der Waals surface area contributed by atoms with E-state index in [1.165, 1.54) is 17.0 Å². The number of primary amides is 2. The second-order valence-corrected chi connectivity index (χ2v) is 19.4. The lowest BCUT2D eigenvalue weighted by molar-refractivity contribution is -0.142. The van der Waals surface area contributed by atoms with E-state index in [4.69, 9.17) is 17.2 Å². The molecule has 10 amide bonds. The summed E-state index contributed by atoms with van der Waals surface area (Å²) in [5.41, 5.74) is 16.9. The summed E-state index contributed by atoms with van der Waals surface area (Å²) >= 11 is 0. The Morgan fingerprint density at radius 1 is 0.855 bits per heavy atom. The Kier molecular flexibility index (Phi) is 24.0. The highest BCUT2D eigenvalue weighted by atomic mass is 33.1. The number of unbranched alkanes of at least 4 members (excludes halogenated alkanes) is 1. The molecule has 2 saturated heterocycles. The van der Waals surface area contributed by atoms with E-state index in [0.717, 1.165) is 21.6 Å². The number of carboxylic acid groups (broad SMARTS) is 1. The number of carbonyl (C=O) groups is 11. The highest BCUT2D eigenvalue weighted by molar-refractivity contribution is 8.76. The van der Waals surface area contributed by atoms with Gasteiger partial charge in [0, 0.05) is 37.3 Å². The number of phenolic OH excluding ortho intramolecular Hbond substituents is 1. The Morgan fingerprint density at radius 2 is 1.52 bits per heavy atom. The van der Waals surface area contributed by atoms with Crippen LogP contribution in [-0.4, -0.2) is 154 Å². The lowest BCUT2D eigenvalue weighted by atomic mass is 9.96. The van der Waals surface area contributed by atoms with Gasteiger partial charge in [-0.05, 0) is 68.7 Å². The SMILES string of the molecule is CC[C@@H](C)[C@@H]1NC(=O)[C@@H](Cc2ccc(O)cc2)NC(=O)CCSSC[C@@H](C(=O)N2CCC[C@@H]2C(=O)N[C@@H](CCCCN)C(=O)NCC(N)=O)NC(=O)[C@H](CC(N)=O)NC(=O)[C@@H](CCC(=O)O)NC1=O. The molecule has 0 aromatic heterocycles. The molecule has 0 bridgehead atoms. The molecule has 3 rings (SSSR count). The Labute approximate surface area is 407 Å². The molecule has 0 aliphatic carbocycles. The molecule has 0 spiro atoms. The van der Waals surface area contributed by atoms with E-state index in [2.05, 4.69) is 37.2 Å². The van der Waals surface area contributed by atoms with Crippen LogP contribution >= 0.6 is 21.6 Å². The number of hydrogen-bond acceptors (Lipinski definition) is 15. The van der Waals surface area contributed by atoms with Gasteiger partial charge in [-0.1, -0.05) is 54.0 Å². The van der Waals surface area contributed by atoms with E-state index >= 15 is 0 Å². The van der Waals surface area contributed by atoms with Crippen molar-refractivity contribution in [2.75, 3.05) is 31.1 Å².